The highest BCUT2D eigenvalue weighted by Gasteiger charge is 2.07. The fourth-order valence-corrected chi connectivity index (χ4v) is 2.40. The van der Waals surface area contributed by atoms with Crippen LogP contribution in [0.2, 0.25) is 0 Å². The van der Waals surface area contributed by atoms with Gasteiger partial charge in [-0.15, -0.1) is 0 Å². The maximum absolute atomic E-state index is 9.38. The van der Waals surface area contributed by atoms with Crippen molar-refractivity contribution in [1.29, 1.82) is 0 Å². The number of benzene rings is 1. The number of ether oxygens (including phenoxy) is 1. The third kappa shape index (κ3) is 3.29. The summed E-state index contributed by atoms with van der Waals surface area (Å²) in [6, 6.07) is 5.79. The molecule has 0 bridgehead atoms. The predicted octanol–water partition coefficient (Wildman–Crippen LogP) is 3.27. The molecule has 0 unspecified atom stereocenters. The minimum Gasteiger partial charge on any atom is -0.495 e. The number of aliphatic hydroxyl groups excluding tert-OH is 1. The molecule has 2 rings (SSSR count). The molecule has 1 aromatic carbocycles. The molecule has 5 heteroatoms. The summed E-state index contributed by atoms with van der Waals surface area (Å²) in [5.41, 5.74) is 3.90. The van der Waals surface area contributed by atoms with Gasteiger partial charge in [-0.1, -0.05) is 15.9 Å². The topological polar surface area (TPSA) is 54.4 Å². The number of rotatable bonds is 5. The number of hydrogen-bond acceptors (Lipinski definition) is 4. The molecule has 1 aromatic heterocycles. The summed E-state index contributed by atoms with van der Waals surface area (Å²) in [4.78, 5) is 4.16. The lowest BCUT2D eigenvalue weighted by Gasteiger charge is -2.13. The Morgan fingerprint density at radius 2 is 2.10 bits per heavy atom. The molecule has 0 saturated carbocycles. The molecule has 0 saturated heterocycles. The summed E-state index contributed by atoms with van der Waals surface area (Å²) < 4.78 is 6.21. The van der Waals surface area contributed by atoms with Crippen LogP contribution in [0.3, 0.4) is 0 Å². The monoisotopic (exact) mass is 336 g/mol. The van der Waals surface area contributed by atoms with Gasteiger partial charge in [0.1, 0.15) is 5.75 Å². The van der Waals surface area contributed by atoms with E-state index in [1.165, 1.54) is 0 Å². The van der Waals surface area contributed by atoms with Gasteiger partial charge in [-0.05, 0) is 36.2 Å². The Morgan fingerprint density at radius 1 is 1.30 bits per heavy atom. The second-order valence-electron chi connectivity index (χ2n) is 4.44. The van der Waals surface area contributed by atoms with E-state index in [0.717, 1.165) is 32.6 Å². The second-order valence-corrected chi connectivity index (χ2v) is 5.35. The van der Waals surface area contributed by atoms with Crippen LogP contribution in [-0.2, 0) is 13.2 Å². The number of halogens is 1. The van der Waals surface area contributed by atoms with Crippen LogP contribution in [0, 0.1) is 6.92 Å². The molecule has 1 heterocycles. The first-order chi connectivity index (χ1) is 9.65. The third-order valence-electron chi connectivity index (χ3n) is 3.20. The van der Waals surface area contributed by atoms with E-state index in [4.69, 9.17) is 4.74 Å². The number of anilines is 1. The SMILES string of the molecule is COc1cncc(CNc2ccc(Br)cc2CO)c1C. The lowest BCUT2D eigenvalue weighted by Crippen LogP contribution is -2.05. The van der Waals surface area contributed by atoms with Gasteiger partial charge in [-0.2, -0.15) is 0 Å². The van der Waals surface area contributed by atoms with Gasteiger partial charge >= 0.3 is 0 Å². The molecule has 0 aliphatic heterocycles. The smallest absolute Gasteiger partial charge is 0.140 e. The van der Waals surface area contributed by atoms with E-state index >= 15 is 0 Å². The molecule has 0 atom stereocenters. The second kappa shape index (κ2) is 6.72. The number of hydrogen-bond donors (Lipinski definition) is 2. The number of nitrogens with zero attached hydrogens (tertiary/aromatic N) is 1. The van der Waals surface area contributed by atoms with Crippen molar-refractivity contribution < 1.29 is 9.84 Å². The van der Waals surface area contributed by atoms with Gasteiger partial charge in [-0.3, -0.25) is 4.98 Å². The Labute approximate surface area is 126 Å². The van der Waals surface area contributed by atoms with Gasteiger partial charge in [0.15, 0.2) is 0 Å². The summed E-state index contributed by atoms with van der Waals surface area (Å²) in [6.45, 7) is 2.63. The van der Waals surface area contributed by atoms with E-state index in [1.807, 2.05) is 31.3 Å². The number of aliphatic hydroxyl groups is 1. The molecular formula is C15H17BrN2O2. The van der Waals surface area contributed by atoms with Crippen LogP contribution in [0.15, 0.2) is 35.1 Å². The van der Waals surface area contributed by atoms with Crippen LogP contribution in [0.5, 0.6) is 5.75 Å². The zero-order valence-corrected chi connectivity index (χ0v) is 13.1. The summed E-state index contributed by atoms with van der Waals surface area (Å²) >= 11 is 3.40. The molecule has 0 aliphatic carbocycles. The standard InChI is InChI=1S/C15H17BrN2O2/c1-10-12(6-17-8-15(10)20-2)7-18-14-4-3-13(16)5-11(14)9-19/h3-6,8,18-19H,7,9H2,1-2H3. The van der Waals surface area contributed by atoms with Crippen molar-refractivity contribution in [1.82, 2.24) is 4.98 Å². The van der Waals surface area contributed by atoms with E-state index in [1.54, 1.807) is 13.3 Å². The van der Waals surface area contributed by atoms with E-state index in [9.17, 15) is 5.11 Å². The zero-order chi connectivity index (χ0) is 14.5. The van der Waals surface area contributed by atoms with Crippen molar-refractivity contribution in [2.75, 3.05) is 12.4 Å². The predicted molar refractivity (Wildman–Crippen MR) is 82.9 cm³/mol. The molecule has 0 aliphatic rings. The van der Waals surface area contributed by atoms with Crippen LogP contribution in [0.4, 0.5) is 5.69 Å². The molecule has 2 N–H and O–H groups in total. The van der Waals surface area contributed by atoms with Crippen molar-refractivity contribution in [3.63, 3.8) is 0 Å². The lowest BCUT2D eigenvalue weighted by atomic mass is 10.1. The maximum atomic E-state index is 9.38. The van der Waals surface area contributed by atoms with Crippen LogP contribution in [0.1, 0.15) is 16.7 Å². The van der Waals surface area contributed by atoms with Crippen LogP contribution >= 0.6 is 15.9 Å². The van der Waals surface area contributed by atoms with Gasteiger partial charge < -0.3 is 15.2 Å². The Hall–Kier alpha value is -1.59. The number of pyridine rings is 1. The third-order valence-corrected chi connectivity index (χ3v) is 3.69. The molecule has 0 fully saturated rings. The van der Waals surface area contributed by atoms with Gasteiger partial charge in [0, 0.05) is 28.5 Å². The van der Waals surface area contributed by atoms with Crippen molar-refractivity contribution in [3.8, 4) is 5.75 Å². The van der Waals surface area contributed by atoms with E-state index in [0.29, 0.717) is 6.54 Å². The molecule has 106 valence electrons. The lowest BCUT2D eigenvalue weighted by molar-refractivity contribution is 0.282. The summed E-state index contributed by atoms with van der Waals surface area (Å²) in [5, 5.41) is 12.7. The highest BCUT2D eigenvalue weighted by molar-refractivity contribution is 9.10. The van der Waals surface area contributed by atoms with E-state index < -0.39 is 0 Å². The summed E-state index contributed by atoms with van der Waals surface area (Å²) in [5.74, 6) is 0.780. The van der Waals surface area contributed by atoms with Crippen molar-refractivity contribution in [2.45, 2.75) is 20.1 Å². The average Bonchev–Trinajstić information content (AvgIpc) is 2.47. The minimum absolute atomic E-state index is 0.00286. The van der Waals surface area contributed by atoms with Crippen molar-refractivity contribution >= 4 is 21.6 Å². The Kier molecular flexibility index (Phi) is 4.98. The van der Waals surface area contributed by atoms with Crippen LogP contribution < -0.4 is 10.1 Å². The molecule has 0 amide bonds. The number of nitrogens with one attached hydrogen (secondary N) is 1. The first-order valence-corrected chi connectivity index (χ1v) is 7.05. The average molecular weight is 337 g/mol. The molecule has 20 heavy (non-hydrogen) atoms. The van der Waals surface area contributed by atoms with Gasteiger partial charge in [-0.25, -0.2) is 0 Å². The highest BCUT2D eigenvalue weighted by atomic mass is 79.9. The van der Waals surface area contributed by atoms with E-state index in [-0.39, 0.29) is 6.61 Å². The van der Waals surface area contributed by atoms with Crippen molar-refractivity contribution in [2.24, 2.45) is 0 Å². The molecular weight excluding hydrogens is 320 g/mol. The van der Waals surface area contributed by atoms with Crippen LogP contribution in [-0.4, -0.2) is 17.2 Å². The highest BCUT2D eigenvalue weighted by Crippen LogP contribution is 2.24. The molecule has 4 nitrogen and oxygen atoms in total. The fraction of sp³-hybridized carbons (Fsp3) is 0.267. The van der Waals surface area contributed by atoms with Gasteiger partial charge in [0.05, 0.1) is 19.9 Å². The summed E-state index contributed by atoms with van der Waals surface area (Å²) in [7, 11) is 1.64. The quantitative estimate of drug-likeness (QED) is 0.879. The first kappa shape index (κ1) is 14.8. The number of methoxy groups -OCH3 is 1. The zero-order valence-electron chi connectivity index (χ0n) is 11.5. The first-order valence-electron chi connectivity index (χ1n) is 6.26. The fourth-order valence-electron chi connectivity index (χ4n) is 1.99. The van der Waals surface area contributed by atoms with Gasteiger partial charge in [0.2, 0.25) is 0 Å². The Balaban J connectivity index is 2.17. The maximum Gasteiger partial charge on any atom is 0.140 e. The Morgan fingerprint density at radius 3 is 2.80 bits per heavy atom. The minimum atomic E-state index is -0.00286. The molecule has 0 spiro atoms. The van der Waals surface area contributed by atoms with Gasteiger partial charge in [0.25, 0.3) is 0 Å². The largest absolute Gasteiger partial charge is 0.495 e. The van der Waals surface area contributed by atoms with E-state index in [2.05, 4.69) is 26.2 Å². The van der Waals surface area contributed by atoms with Crippen molar-refractivity contribution in [3.05, 3.63) is 51.8 Å². The van der Waals surface area contributed by atoms with Crippen LogP contribution in [0.25, 0.3) is 0 Å². The molecule has 0 radical (unpaired) electrons. The summed E-state index contributed by atoms with van der Waals surface area (Å²) in [6.07, 6.45) is 3.53. The molecule has 2 aromatic rings. The number of aromatic nitrogens is 1. The Bertz CT molecular complexity index is 602. The normalized spacial score (nSPS) is 10.4.